The van der Waals surface area contributed by atoms with Crippen LogP contribution in [0.3, 0.4) is 0 Å². The van der Waals surface area contributed by atoms with Crippen LogP contribution in [0.25, 0.3) is 0 Å². The van der Waals surface area contributed by atoms with E-state index in [9.17, 15) is 4.79 Å². The zero-order valence-corrected chi connectivity index (χ0v) is 11.0. The van der Waals surface area contributed by atoms with E-state index in [2.05, 4.69) is 26.1 Å². The first-order chi connectivity index (χ1) is 8.56. The van der Waals surface area contributed by atoms with Crippen LogP contribution in [0.1, 0.15) is 22.1 Å². The summed E-state index contributed by atoms with van der Waals surface area (Å²) in [4.78, 5) is 15.0. The van der Waals surface area contributed by atoms with Gasteiger partial charge in [0.1, 0.15) is 11.3 Å². The van der Waals surface area contributed by atoms with Crippen molar-refractivity contribution in [3.63, 3.8) is 0 Å². The van der Waals surface area contributed by atoms with Gasteiger partial charge in [-0.3, -0.25) is 0 Å². The van der Waals surface area contributed by atoms with E-state index in [0.29, 0.717) is 16.2 Å². The second-order valence-electron chi connectivity index (χ2n) is 3.46. The van der Waals surface area contributed by atoms with E-state index < -0.39 is 5.97 Å². The Morgan fingerprint density at radius 3 is 2.94 bits per heavy atom. The molecule has 2 rings (SSSR count). The van der Waals surface area contributed by atoms with Crippen molar-refractivity contribution in [3.8, 4) is 5.75 Å². The van der Waals surface area contributed by atoms with Crippen molar-refractivity contribution in [1.29, 1.82) is 0 Å². The fourth-order valence-electron chi connectivity index (χ4n) is 1.34. The van der Waals surface area contributed by atoms with Crippen LogP contribution < -0.4 is 4.74 Å². The molecule has 0 aliphatic heterocycles. The maximum Gasteiger partial charge on any atom is 0.339 e. The zero-order chi connectivity index (χ0) is 13.1. The third kappa shape index (κ3) is 2.86. The molecule has 1 heterocycles. The molecule has 0 fully saturated rings. The minimum Gasteiger partial charge on any atom is -0.485 e. The highest BCUT2D eigenvalue weighted by Crippen LogP contribution is 2.23. The summed E-state index contributed by atoms with van der Waals surface area (Å²) in [5, 5.41) is 12.7. The fraction of sp³-hybridized carbons (Fsp3) is 0.182. The normalized spacial score (nSPS) is 10.3. The number of rotatable bonds is 4. The van der Waals surface area contributed by atoms with Gasteiger partial charge in [-0.1, -0.05) is 21.1 Å². The number of aromatic carboxylic acids is 1. The summed E-state index contributed by atoms with van der Waals surface area (Å²) in [6.45, 7) is 1.72. The second kappa shape index (κ2) is 5.18. The van der Waals surface area contributed by atoms with Crippen LogP contribution in [0, 0.1) is 6.92 Å². The Hall–Kier alpha value is -1.89. The van der Waals surface area contributed by atoms with Gasteiger partial charge in [-0.2, -0.15) is 4.98 Å². The number of aromatic nitrogens is 2. The van der Waals surface area contributed by atoms with Crippen molar-refractivity contribution < 1.29 is 19.2 Å². The fourth-order valence-corrected chi connectivity index (χ4v) is 1.70. The summed E-state index contributed by atoms with van der Waals surface area (Å²) in [5.41, 5.74) is 0.0737. The minimum absolute atomic E-state index is 0.0548. The summed E-state index contributed by atoms with van der Waals surface area (Å²) in [6.07, 6.45) is 0. The van der Waals surface area contributed by atoms with Crippen molar-refractivity contribution in [2.24, 2.45) is 0 Å². The van der Waals surface area contributed by atoms with Gasteiger partial charge in [-0.15, -0.1) is 0 Å². The molecule has 0 aliphatic rings. The number of carbonyl (C=O) groups is 1. The lowest BCUT2D eigenvalue weighted by Crippen LogP contribution is -2.04. The molecule has 0 spiro atoms. The van der Waals surface area contributed by atoms with Crippen LogP contribution in [-0.4, -0.2) is 21.2 Å². The van der Waals surface area contributed by atoms with E-state index in [0.717, 1.165) is 0 Å². The lowest BCUT2D eigenvalue weighted by atomic mass is 10.2. The van der Waals surface area contributed by atoms with Crippen molar-refractivity contribution in [1.82, 2.24) is 10.1 Å². The van der Waals surface area contributed by atoms with Gasteiger partial charge < -0.3 is 14.4 Å². The molecule has 0 saturated carbocycles. The summed E-state index contributed by atoms with van der Waals surface area (Å²) in [5.74, 6) is -0.00151. The second-order valence-corrected chi connectivity index (χ2v) is 4.38. The number of benzene rings is 1. The molecular weight excluding hydrogens is 304 g/mol. The van der Waals surface area contributed by atoms with Crippen LogP contribution in [0.5, 0.6) is 5.75 Å². The van der Waals surface area contributed by atoms with Crippen molar-refractivity contribution in [3.05, 3.63) is 40.0 Å². The van der Waals surface area contributed by atoms with E-state index in [1.165, 1.54) is 6.07 Å². The molecule has 2 aromatic rings. The molecule has 94 valence electrons. The van der Waals surface area contributed by atoms with Crippen molar-refractivity contribution >= 4 is 21.9 Å². The van der Waals surface area contributed by atoms with Gasteiger partial charge in [0.05, 0.1) is 0 Å². The lowest BCUT2D eigenvalue weighted by Gasteiger charge is -2.07. The summed E-state index contributed by atoms with van der Waals surface area (Å²) in [7, 11) is 0. The molecule has 1 aromatic heterocycles. The Balaban J connectivity index is 2.16. The Labute approximate surface area is 111 Å². The van der Waals surface area contributed by atoms with E-state index in [1.807, 2.05) is 0 Å². The Kier molecular flexibility index (Phi) is 3.61. The van der Waals surface area contributed by atoms with Gasteiger partial charge in [0.15, 0.2) is 6.61 Å². The average Bonchev–Trinajstić information content (AvgIpc) is 2.73. The quantitative estimate of drug-likeness (QED) is 0.933. The highest BCUT2D eigenvalue weighted by Gasteiger charge is 2.13. The number of carboxylic acids is 1. The Morgan fingerprint density at radius 1 is 1.56 bits per heavy atom. The van der Waals surface area contributed by atoms with E-state index in [4.69, 9.17) is 14.4 Å². The summed E-state index contributed by atoms with van der Waals surface area (Å²) < 4.78 is 10.8. The number of ether oxygens (including phenoxy) is 1. The number of nitrogens with zero attached hydrogens (tertiary/aromatic N) is 2. The van der Waals surface area contributed by atoms with Crippen LogP contribution in [0.2, 0.25) is 0 Å². The topological polar surface area (TPSA) is 85.5 Å². The number of hydrogen-bond donors (Lipinski definition) is 1. The van der Waals surface area contributed by atoms with Crippen molar-refractivity contribution in [2.75, 3.05) is 0 Å². The van der Waals surface area contributed by atoms with Gasteiger partial charge in [-0.05, 0) is 18.2 Å². The molecule has 0 unspecified atom stereocenters. The zero-order valence-electron chi connectivity index (χ0n) is 9.38. The highest BCUT2D eigenvalue weighted by atomic mass is 79.9. The maximum atomic E-state index is 11.0. The van der Waals surface area contributed by atoms with Gasteiger partial charge in [0, 0.05) is 11.4 Å². The molecular formula is C11H9BrN2O4. The number of carboxylic acid groups (broad SMARTS) is 1. The molecule has 7 heteroatoms. The molecule has 0 amide bonds. The van der Waals surface area contributed by atoms with Crippen LogP contribution in [0.4, 0.5) is 0 Å². The lowest BCUT2D eigenvalue weighted by molar-refractivity contribution is 0.0691. The van der Waals surface area contributed by atoms with E-state index in [-0.39, 0.29) is 17.9 Å². The molecule has 6 nitrogen and oxygen atoms in total. The smallest absolute Gasteiger partial charge is 0.339 e. The van der Waals surface area contributed by atoms with Crippen molar-refractivity contribution in [2.45, 2.75) is 13.5 Å². The minimum atomic E-state index is -1.06. The maximum absolute atomic E-state index is 11.0. The Bertz CT molecular complexity index is 582. The van der Waals surface area contributed by atoms with Crippen LogP contribution in [-0.2, 0) is 6.61 Å². The molecule has 0 aliphatic carbocycles. The number of halogens is 1. The van der Waals surface area contributed by atoms with E-state index in [1.54, 1.807) is 19.1 Å². The molecule has 0 radical (unpaired) electrons. The van der Waals surface area contributed by atoms with E-state index >= 15 is 0 Å². The largest absolute Gasteiger partial charge is 0.485 e. The SMILES string of the molecule is Cc1nc(COc2ccc(Br)cc2C(=O)O)no1. The molecule has 0 atom stereocenters. The molecule has 1 N–H and O–H groups in total. The van der Waals surface area contributed by atoms with Gasteiger partial charge in [-0.25, -0.2) is 4.79 Å². The third-order valence-electron chi connectivity index (χ3n) is 2.10. The third-order valence-corrected chi connectivity index (χ3v) is 2.59. The average molecular weight is 313 g/mol. The van der Waals surface area contributed by atoms with Gasteiger partial charge in [0.25, 0.3) is 0 Å². The van der Waals surface area contributed by atoms with Gasteiger partial charge >= 0.3 is 5.97 Å². The standard InChI is InChI=1S/C11H9BrN2O4/c1-6-13-10(14-18-6)5-17-9-3-2-7(12)4-8(9)11(15)16/h2-4H,5H2,1H3,(H,15,16). The van der Waals surface area contributed by atoms with Gasteiger partial charge in [0.2, 0.25) is 11.7 Å². The monoisotopic (exact) mass is 312 g/mol. The summed E-state index contributed by atoms with van der Waals surface area (Å²) in [6, 6.07) is 4.74. The van der Waals surface area contributed by atoms with Crippen LogP contribution >= 0.6 is 15.9 Å². The molecule has 18 heavy (non-hydrogen) atoms. The predicted molar refractivity (Wildman–Crippen MR) is 64.5 cm³/mol. The number of aryl methyl sites for hydroxylation is 1. The Morgan fingerprint density at radius 2 is 2.33 bits per heavy atom. The first-order valence-corrected chi connectivity index (χ1v) is 5.80. The molecule has 1 aromatic carbocycles. The summed E-state index contributed by atoms with van der Waals surface area (Å²) >= 11 is 3.21. The van der Waals surface area contributed by atoms with Crippen LogP contribution in [0.15, 0.2) is 27.2 Å². The number of hydrogen-bond acceptors (Lipinski definition) is 5. The molecule has 0 bridgehead atoms. The molecule has 0 saturated heterocycles. The first-order valence-electron chi connectivity index (χ1n) is 5.01. The highest BCUT2D eigenvalue weighted by molar-refractivity contribution is 9.10. The first kappa shape index (κ1) is 12.6. The predicted octanol–water partition coefficient (Wildman–Crippen LogP) is 2.42.